The summed E-state index contributed by atoms with van der Waals surface area (Å²) in [5, 5.41) is 0. The lowest BCUT2D eigenvalue weighted by Crippen LogP contribution is -2.66. The molecular weight excluding hydrogens is 902 g/mol. The van der Waals surface area contributed by atoms with Crippen LogP contribution in [-0.4, -0.2) is 36.1 Å². The van der Waals surface area contributed by atoms with E-state index in [2.05, 4.69) is 97.1 Å². The van der Waals surface area contributed by atoms with Crippen LogP contribution >= 0.6 is 46.4 Å². The van der Waals surface area contributed by atoms with Gasteiger partial charge >= 0.3 is 0 Å². The summed E-state index contributed by atoms with van der Waals surface area (Å²) < 4.78 is 20.7. The van der Waals surface area contributed by atoms with Crippen LogP contribution < -0.4 is 18.9 Å². The van der Waals surface area contributed by atoms with Crippen molar-refractivity contribution in [2.24, 2.45) is 21.7 Å². The number of ether oxygens (including phenoxy) is 4. The van der Waals surface area contributed by atoms with Crippen molar-refractivity contribution in [3.05, 3.63) is 119 Å². The third kappa shape index (κ3) is 8.76. The first-order valence-electron chi connectivity index (χ1n) is 25.3. The highest BCUT2D eigenvalue weighted by Crippen LogP contribution is 2.79. The first-order valence-corrected chi connectivity index (χ1v) is 26.8. The lowest BCUT2D eigenvalue weighted by Gasteiger charge is -2.69. The van der Waals surface area contributed by atoms with Gasteiger partial charge in [-0.2, -0.15) is 0 Å². The Balaban J connectivity index is 0.000000166. The fourth-order valence-corrected chi connectivity index (χ4v) is 16.4. The smallest absolute Gasteiger partial charge is 0.129 e. The van der Waals surface area contributed by atoms with E-state index in [9.17, 15) is 0 Å². The quantitative estimate of drug-likeness (QED) is 0.148. The van der Waals surface area contributed by atoms with Crippen LogP contribution in [0.4, 0.5) is 0 Å². The van der Waals surface area contributed by atoms with Crippen LogP contribution in [0.5, 0.6) is 23.0 Å². The molecule has 6 aliphatic carbocycles. The van der Waals surface area contributed by atoms with Crippen LogP contribution in [0.2, 0.25) is 0 Å². The van der Waals surface area contributed by atoms with Crippen LogP contribution in [0.15, 0.2) is 97.1 Å². The first-order chi connectivity index (χ1) is 31.8. The number of hydrogen-bond donors (Lipinski definition) is 0. The maximum Gasteiger partial charge on any atom is 0.129 e. The zero-order valence-corrected chi connectivity index (χ0v) is 42.9. The number of hydrogen-bond acceptors (Lipinski definition) is 4. The molecule has 4 spiro atoms. The second-order valence-corrected chi connectivity index (χ2v) is 23.9. The van der Waals surface area contributed by atoms with Gasteiger partial charge in [0.15, 0.2) is 0 Å². The molecule has 0 unspecified atom stereocenters. The predicted octanol–water partition coefficient (Wildman–Crippen LogP) is 17.3. The van der Waals surface area contributed by atoms with Gasteiger partial charge in [-0.05, 0) is 224 Å². The van der Waals surface area contributed by atoms with Crippen molar-refractivity contribution in [1.82, 2.24) is 0 Å². The van der Waals surface area contributed by atoms with E-state index in [4.69, 9.17) is 65.4 Å². The highest BCUT2D eigenvalue weighted by atomic mass is 35.5. The molecule has 6 aliphatic rings. The van der Waals surface area contributed by atoms with E-state index in [1.807, 2.05) is 13.8 Å². The fourth-order valence-electron chi connectivity index (χ4n) is 14.4. The minimum absolute atomic E-state index is 0.101. The zero-order valence-electron chi connectivity index (χ0n) is 39.8. The van der Waals surface area contributed by atoms with E-state index >= 15 is 0 Å². The van der Waals surface area contributed by atoms with Gasteiger partial charge in [0.25, 0.3) is 0 Å². The minimum atomic E-state index is -0.590. The molecule has 66 heavy (non-hydrogen) atoms. The van der Waals surface area contributed by atoms with Crippen molar-refractivity contribution in [3.8, 4) is 23.0 Å². The molecular formula is C58H72Cl4O4. The summed E-state index contributed by atoms with van der Waals surface area (Å²) in [6.07, 6.45) is 21.0. The molecule has 6 saturated carbocycles. The van der Waals surface area contributed by atoms with E-state index in [1.165, 1.54) is 86.5 Å². The molecule has 4 aromatic carbocycles. The average molecular weight is 975 g/mol. The third-order valence-electron chi connectivity index (χ3n) is 18.3. The third-order valence-corrected chi connectivity index (χ3v) is 21.5. The van der Waals surface area contributed by atoms with E-state index in [1.54, 1.807) is 14.2 Å². The Morgan fingerprint density at radius 2 is 0.576 bits per heavy atom. The number of rotatable bonds is 10. The maximum absolute atomic E-state index is 7.31. The highest BCUT2D eigenvalue weighted by molar-refractivity contribution is 6.50. The largest absolute Gasteiger partial charge is 0.497 e. The Hall–Kier alpha value is -2.76. The molecule has 356 valence electrons. The van der Waals surface area contributed by atoms with Crippen LogP contribution in [0.1, 0.15) is 175 Å². The molecule has 0 N–H and O–H groups in total. The summed E-state index contributed by atoms with van der Waals surface area (Å²) in [6, 6.07) is 34.6. The molecule has 4 aromatic rings. The molecule has 0 saturated heterocycles. The summed E-state index contributed by atoms with van der Waals surface area (Å²) >= 11 is 29.2. The Labute approximate surface area is 416 Å². The summed E-state index contributed by atoms with van der Waals surface area (Å²) in [6.45, 7) is 5.47. The fraction of sp³-hybridized carbons (Fsp3) is 0.586. The molecule has 0 heterocycles. The molecule has 0 bridgehead atoms. The molecule has 0 aromatic heterocycles. The van der Waals surface area contributed by atoms with Crippen molar-refractivity contribution in [3.63, 3.8) is 0 Å². The molecule has 0 atom stereocenters. The van der Waals surface area contributed by atoms with E-state index in [-0.39, 0.29) is 21.7 Å². The SMILES string of the molecule is CCOc1ccc(C2CCC3(CC2)CC2(CCC(c4ccc(OCC)cc4)CC2)C3(Cl)Cl)cc1.COc1ccc(C2CCC3(CC2)CC2(CCC(c4ccc(OC)cc4)CC2)C3(Cl)Cl)cc1. The van der Waals surface area contributed by atoms with Crippen LogP contribution in [0.25, 0.3) is 0 Å². The van der Waals surface area contributed by atoms with Crippen molar-refractivity contribution in [1.29, 1.82) is 0 Å². The Bertz CT molecular complexity index is 2030. The lowest BCUT2D eigenvalue weighted by molar-refractivity contribution is -0.107. The standard InChI is InChI=1S/C30H38Cl2O2.C28H34Cl2O2/c1-3-33-26-9-5-22(6-10-26)24-13-17-28(18-14-24)21-29(30(28,31)32)19-15-25(16-20-29)23-7-11-27(12-8-23)34-4-2;1-31-24-7-3-20(4-8-24)22-11-15-26(16-12-22)19-27(28(26,29)30)17-13-23(14-18-27)21-5-9-25(32-2)10-6-21/h5-12,24-25H,3-4,13-21H2,1-2H3;3-10,22-23H,11-19H2,1-2H3. The number of halogens is 4. The molecule has 0 radical (unpaired) electrons. The molecule has 0 amide bonds. The highest BCUT2D eigenvalue weighted by Gasteiger charge is 2.73. The second kappa shape index (κ2) is 19.6. The number of methoxy groups -OCH3 is 2. The van der Waals surface area contributed by atoms with Gasteiger partial charge in [-0.1, -0.05) is 48.5 Å². The lowest BCUT2D eigenvalue weighted by atomic mass is 9.43. The average Bonchev–Trinajstić information content (AvgIpc) is 3.36. The first kappa shape index (κ1) is 48.3. The molecule has 10 rings (SSSR count). The van der Waals surface area contributed by atoms with Gasteiger partial charge in [-0.25, -0.2) is 0 Å². The van der Waals surface area contributed by atoms with Crippen molar-refractivity contribution < 1.29 is 18.9 Å². The van der Waals surface area contributed by atoms with E-state index < -0.39 is 8.67 Å². The summed E-state index contributed by atoms with van der Waals surface area (Å²) in [4.78, 5) is 0. The van der Waals surface area contributed by atoms with Gasteiger partial charge < -0.3 is 18.9 Å². The zero-order chi connectivity index (χ0) is 46.2. The summed E-state index contributed by atoms with van der Waals surface area (Å²) in [5.74, 6) is 6.20. The number of alkyl halides is 4. The van der Waals surface area contributed by atoms with Crippen molar-refractivity contribution >= 4 is 46.4 Å². The van der Waals surface area contributed by atoms with Gasteiger partial charge in [0.2, 0.25) is 0 Å². The summed E-state index contributed by atoms with van der Waals surface area (Å²) in [7, 11) is 3.44. The number of benzene rings is 4. The Kier molecular flexibility index (Phi) is 14.3. The summed E-state index contributed by atoms with van der Waals surface area (Å²) in [5.41, 5.74) is 6.11. The van der Waals surface area contributed by atoms with E-state index in [0.29, 0.717) is 36.9 Å². The van der Waals surface area contributed by atoms with E-state index in [0.717, 1.165) is 74.4 Å². The van der Waals surface area contributed by atoms with Crippen molar-refractivity contribution in [2.45, 2.75) is 162 Å². The van der Waals surface area contributed by atoms with Gasteiger partial charge in [-0.15, -0.1) is 46.4 Å². The monoisotopic (exact) mass is 972 g/mol. The second-order valence-electron chi connectivity index (χ2n) is 21.3. The molecule has 8 heteroatoms. The Morgan fingerprint density at radius 1 is 0.364 bits per heavy atom. The molecule has 4 nitrogen and oxygen atoms in total. The van der Waals surface area contributed by atoms with Gasteiger partial charge in [0, 0.05) is 21.7 Å². The van der Waals surface area contributed by atoms with Gasteiger partial charge in [0.05, 0.1) is 27.4 Å². The predicted molar refractivity (Wildman–Crippen MR) is 274 cm³/mol. The Morgan fingerprint density at radius 3 is 0.758 bits per heavy atom. The van der Waals surface area contributed by atoms with Crippen LogP contribution in [-0.2, 0) is 0 Å². The van der Waals surface area contributed by atoms with Gasteiger partial charge in [0.1, 0.15) is 31.7 Å². The van der Waals surface area contributed by atoms with Gasteiger partial charge in [-0.3, -0.25) is 0 Å². The minimum Gasteiger partial charge on any atom is -0.497 e. The normalized spacial score (nSPS) is 33.0. The maximum atomic E-state index is 7.31. The topological polar surface area (TPSA) is 36.9 Å². The van der Waals surface area contributed by atoms with Crippen LogP contribution in [0, 0.1) is 21.7 Å². The van der Waals surface area contributed by atoms with Crippen molar-refractivity contribution in [2.75, 3.05) is 27.4 Å². The van der Waals surface area contributed by atoms with Crippen LogP contribution in [0.3, 0.4) is 0 Å². The molecule has 0 aliphatic heterocycles. The molecule has 6 fully saturated rings.